The molecule has 5 nitrogen and oxygen atoms in total. The minimum absolute atomic E-state index is 0.0182. The molecule has 18 heavy (non-hydrogen) atoms. The molecule has 5 heteroatoms. The highest BCUT2D eigenvalue weighted by Crippen LogP contribution is 2.25. The number of hydrogen-bond acceptors (Lipinski definition) is 2. The molecule has 2 aliphatic rings. The third kappa shape index (κ3) is 3.15. The Morgan fingerprint density at radius 2 is 1.94 bits per heavy atom. The van der Waals surface area contributed by atoms with Crippen LogP contribution >= 0.6 is 0 Å². The lowest BCUT2D eigenvalue weighted by Crippen LogP contribution is -2.56. The zero-order valence-corrected chi connectivity index (χ0v) is 10.9. The Hall–Kier alpha value is -1.26. The van der Waals surface area contributed by atoms with Crippen LogP contribution < -0.4 is 5.32 Å². The normalized spacial score (nSPS) is 28.6. The van der Waals surface area contributed by atoms with E-state index >= 15 is 0 Å². The smallest absolute Gasteiger partial charge is 0.317 e. The van der Waals surface area contributed by atoms with Gasteiger partial charge in [0.05, 0.1) is 6.42 Å². The van der Waals surface area contributed by atoms with Crippen LogP contribution in [0, 0.1) is 11.8 Å². The monoisotopic (exact) mass is 254 g/mol. The van der Waals surface area contributed by atoms with E-state index in [1.165, 1.54) is 19.3 Å². The fourth-order valence-corrected chi connectivity index (χ4v) is 2.89. The van der Waals surface area contributed by atoms with Gasteiger partial charge in [-0.25, -0.2) is 4.79 Å². The zero-order chi connectivity index (χ0) is 13.1. The minimum Gasteiger partial charge on any atom is -0.481 e. The highest BCUT2D eigenvalue weighted by atomic mass is 16.4. The lowest BCUT2D eigenvalue weighted by Gasteiger charge is -2.40. The summed E-state index contributed by atoms with van der Waals surface area (Å²) in [6, 6.07) is 0.278. The van der Waals surface area contributed by atoms with Gasteiger partial charge >= 0.3 is 12.0 Å². The third-order valence-electron chi connectivity index (χ3n) is 4.13. The first-order valence-electron chi connectivity index (χ1n) is 6.83. The average molecular weight is 254 g/mol. The number of hydrogen-bond donors (Lipinski definition) is 2. The van der Waals surface area contributed by atoms with E-state index in [1.54, 1.807) is 4.90 Å². The van der Waals surface area contributed by atoms with Crippen molar-refractivity contribution >= 4 is 12.0 Å². The van der Waals surface area contributed by atoms with Crippen LogP contribution in [-0.2, 0) is 4.79 Å². The highest BCUT2D eigenvalue weighted by Gasteiger charge is 2.33. The van der Waals surface area contributed by atoms with Gasteiger partial charge in [0.25, 0.3) is 0 Å². The molecule has 1 saturated carbocycles. The van der Waals surface area contributed by atoms with Crippen molar-refractivity contribution in [3.8, 4) is 0 Å². The van der Waals surface area contributed by atoms with Crippen LogP contribution in [0.5, 0.6) is 0 Å². The molecule has 2 unspecified atom stereocenters. The number of amides is 2. The summed E-state index contributed by atoms with van der Waals surface area (Å²) >= 11 is 0. The lowest BCUT2D eigenvalue weighted by molar-refractivity contribution is -0.139. The quantitative estimate of drug-likeness (QED) is 0.805. The van der Waals surface area contributed by atoms with E-state index in [2.05, 4.69) is 12.2 Å². The predicted octanol–water partition coefficient (Wildman–Crippen LogP) is 1.68. The van der Waals surface area contributed by atoms with Crippen LogP contribution in [0.1, 0.15) is 39.0 Å². The molecule has 0 bridgehead atoms. The molecular formula is C13H22N2O3. The zero-order valence-electron chi connectivity index (χ0n) is 10.9. The second-order valence-corrected chi connectivity index (χ2v) is 5.69. The molecular weight excluding hydrogens is 232 g/mol. The number of rotatable bonds is 3. The second kappa shape index (κ2) is 5.59. The van der Waals surface area contributed by atoms with Gasteiger partial charge in [-0.2, -0.15) is 0 Å². The van der Waals surface area contributed by atoms with Crippen LogP contribution in [0.25, 0.3) is 0 Å². The Labute approximate surface area is 108 Å². The van der Waals surface area contributed by atoms with E-state index in [0.717, 1.165) is 6.42 Å². The molecule has 2 atom stereocenters. The van der Waals surface area contributed by atoms with Crippen molar-refractivity contribution in [1.29, 1.82) is 0 Å². The number of carbonyl (C=O) groups is 2. The topological polar surface area (TPSA) is 69.6 Å². The first-order valence-corrected chi connectivity index (χ1v) is 6.83. The highest BCUT2D eigenvalue weighted by molar-refractivity contribution is 5.76. The third-order valence-corrected chi connectivity index (χ3v) is 4.13. The lowest BCUT2D eigenvalue weighted by atomic mass is 9.86. The van der Waals surface area contributed by atoms with Gasteiger partial charge in [0.1, 0.15) is 0 Å². The van der Waals surface area contributed by atoms with E-state index in [1.807, 2.05) is 0 Å². The number of carboxylic acids is 1. The average Bonchev–Trinajstić information content (AvgIpc) is 2.25. The Bertz CT molecular complexity index is 326. The van der Waals surface area contributed by atoms with Crippen molar-refractivity contribution in [2.75, 3.05) is 13.1 Å². The molecule has 2 fully saturated rings. The van der Waals surface area contributed by atoms with Crippen LogP contribution in [0.3, 0.4) is 0 Å². The van der Waals surface area contributed by atoms with Crippen molar-refractivity contribution in [1.82, 2.24) is 10.2 Å². The standard InChI is InChI=1S/C13H22N2O3/c1-9-4-2-3-5-11(9)14-13(18)15-7-10(8-15)6-12(16)17/h9-11H,2-8H2,1H3,(H,14,18)(H,16,17). The largest absolute Gasteiger partial charge is 0.481 e. The number of nitrogens with zero attached hydrogens (tertiary/aromatic N) is 1. The Morgan fingerprint density at radius 1 is 1.28 bits per heavy atom. The summed E-state index contributed by atoms with van der Waals surface area (Å²) in [5.41, 5.74) is 0. The van der Waals surface area contributed by atoms with Gasteiger partial charge in [-0.15, -0.1) is 0 Å². The van der Waals surface area contributed by atoms with Crippen molar-refractivity contribution < 1.29 is 14.7 Å². The van der Waals surface area contributed by atoms with Crippen molar-refractivity contribution in [2.24, 2.45) is 11.8 Å². The summed E-state index contributed by atoms with van der Waals surface area (Å²) in [4.78, 5) is 24.2. The SMILES string of the molecule is CC1CCCCC1NC(=O)N1CC(CC(=O)O)C1. The number of nitrogens with one attached hydrogen (secondary N) is 1. The summed E-state index contributed by atoms with van der Waals surface area (Å²) < 4.78 is 0. The second-order valence-electron chi connectivity index (χ2n) is 5.69. The van der Waals surface area contributed by atoms with Gasteiger partial charge in [0.2, 0.25) is 0 Å². The van der Waals surface area contributed by atoms with Crippen LogP contribution in [-0.4, -0.2) is 41.1 Å². The van der Waals surface area contributed by atoms with Crippen LogP contribution in [0.4, 0.5) is 4.79 Å². The molecule has 0 aromatic heterocycles. The van der Waals surface area contributed by atoms with Crippen molar-refractivity contribution in [3.63, 3.8) is 0 Å². The molecule has 1 heterocycles. The Morgan fingerprint density at radius 3 is 2.56 bits per heavy atom. The summed E-state index contributed by atoms with van der Waals surface area (Å²) in [7, 11) is 0. The van der Waals surface area contributed by atoms with Gasteiger partial charge in [-0.1, -0.05) is 19.8 Å². The van der Waals surface area contributed by atoms with Crippen LogP contribution in [0.15, 0.2) is 0 Å². The molecule has 0 radical (unpaired) electrons. The van der Waals surface area contributed by atoms with Gasteiger partial charge in [0, 0.05) is 25.0 Å². The molecule has 0 spiro atoms. The van der Waals surface area contributed by atoms with Gasteiger partial charge in [0.15, 0.2) is 0 Å². The number of aliphatic carboxylic acids is 1. The van der Waals surface area contributed by atoms with Gasteiger partial charge < -0.3 is 15.3 Å². The molecule has 2 N–H and O–H groups in total. The Balaban J connectivity index is 1.71. The van der Waals surface area contributed by atoms with E-state index in [4.69, 9.17) is 5.11 Å². The van der Waals surface area contributed by atoms with Gasteiger partial charge in [-0.05, 0) is 18.8 Å². The van der Waals surface area contributed by atoms with Gasteiger partial charge in [-0.3, -0.25) is 4.79 Å². The molecule has 1 aliphatic carbocycles. The molecule has 1 saturated heterocycles. The molecule has 1 aliphatic heterocycles. The molecule has 102 valence electrons. The Kier molecular flexibility index (Phi) is 4.09. The van der Waals surface area contributed by atoms with Crippen molar-refractivity contribution in [3.05, 3.63) is 0 Å². The van der Waals surface area contributed by atoms with E-state index in [-0.39, 0.29) is 18.4 Å². The maximum absolute atomic E-state index is 11.9. The summed E-state index contributed by atoms with van der Waals surface area (Å²) in [6.07, 6.45) is 4.88. The maximum Gasteiger partial charge on any atom is 0.317 e. The summed E-state index contributed by atoms with van der Waals surface area (Å²) in [5, 5.41) is 11.7. The van der Waals surface area contributed by atoms with E-state index < -0.39 is 5.97 Å². The predicted molar refractivity (Wildman–Crippen MR) is 67.3 cm³/mol. The number of urea groups is 1. The molecule has 0 aromatic carbocycles. The number of likely N-dealkylation sites (tertiary alicyclic amines) is 1. The molecule has 0 aromatic rings. The molecule has 2 rings (SSSR count). The van der Waals surface area contributed by atoms with E-state index in [9.17, 15) is 9.59 Å². The fraction of sp³-hybridized carbons (Fsp3) is 0.846. The molecule has 2 amide bonds. The van der Waals surface area contributed by atoms with E-state index in [0.29, 0.717) is 25.0 Å². The first kappa shape index (κ1) is 13.2. The van der Waals surface area contributed by atoms with Crippen molar-refractivity contribution in [2.45, 2.75) is 45.1 Å². The number of carboxylic acid groups (broad SMARTS) is 1. The summed E-state index contributed by atoms with van der Waals surface area (Å²) in [6.45, 7) is 3.35. The summed E-state index contributed by atoms with van der Waals surface area (Å²) in [5.74, 6) is -0.0863. The fourth-order valence-electron chi connectivity index (χ4n) is 2.89. The maximum atomic E-state index is 11.9. The first-order chi connectivity index (χ1) is 8.56. The minimum atomic E-state index is -0.777. The number of carbonyl (C=O) groups excluding carboxylic acids is 1. The van der Waals surface area contributed by atoms with Crippen LogP contribution in [0.2, 0.25) is 0 Å².